The van der Waals surface area contributed by atoms with Crippen LogP contribution in [0.5, 0.6) is 0 Å². The van der Waals surface area contributed by atoms with Crippen LogP contribution in [0.25, 0.3) is 0 Å². The summed E-state index contributed by atoms with van der Waals surface area (Å²) >= 11 is 0. The van der Waals surface area contributed by atoms with Crippen molar-refractivity contribution in [3.63, 3.8) is 0 Å². The third-order valence-electron chi connectivity index (χ3n) is 2.62. The molecule has 0 aromatic heterocycles. The summed E-state index contributed by atoms with van der Waals surface area (Å²) < 4.78 is 26.2. The van der Waals surface area contributed by atoms with E-state index in [1.165, 1.54) is 12.1 Å². The number of primary amides is 1. The summed E-state index contributed by atoms with van der Waals surface area (Å²) in [5.41, 5.74) is 5.10. The van der Waals surface area contributed by atoms with Crippen LogP contribution in [0.15, 0.2) is 42.5 Å². The van der Waals surface area contributed by atoms with Gasteiger partial charge in [0, 0.05) is 6.07 Å². The maximum atomic E-state index is 13.5. The summed E-state index contributed by atoms with van der Waals surface area (Å²) in [6, 6.07) is 8.65. The zero-order chi connectivity index (χ0) is 14.7. The van der Waals surface area contributed by atoms with Gasteiger partial charge in [-0.05, 0) is 24.3 Å². The number of anilines is 1. The Bertz CT molecular complexity index is 687. The Hall–Kier alpha value is -2.76. The van der Waals surface area contributed by atoms with Crippen molar-refractivity contribution in [3.8, 4) is 0 Å². The predicted octanol–water partition coefficient (Wildman–Crippen LogP) is 2.32. The van der Waals surface area contributed by atoms with E-state index in [1.54, 1.807) is 12.1 Å². The first-order chi connectivity index (χ1) is 9.49. The van der Waals surface area contributed by atoms with E-state index in [9.17, 15) is 18.4 Å². The lowest BCUT2D eigenvalue weighted by molar-refractivity contribution is 0.100. The Morgan fingerprint density at radius 2 is 1.70 bits per heavy atom. The molecule has 2 aromatic rings. The predicted molar refractivity (Wildman–Crippen MR) is 69.3 cm³/mol. The summed E-state index contributed by atoms with van der Waals surface area (Å²) in [7, 11) is 0. The van der Waals surface area contributed by atoms with Crippen LogP contribution in [0.3, 0.4) is 0 Å². The molecule has 0 spiro atoms. The molecule has 0 aliphatic heterocycles. The second kappa shape index (κ2) is 5.48. The van der Waals surface area contributed by atoms with Crippen molar-refractivity contribution >= 4 is 17.5 Å². The average Bonchev–Trinajstić information content (AvgIpc) is 2.38. The first-order valence-electron chi connectivity index (χ1n) is 5.64. The monoisotopic (exact) mass is 276 g/mol. The van der Waals surface area contributed by atoms with Gasteiger partial charge >= 0.3 is 0 Å². The highest BCUT2D eigenvalue weighted by atomic mass is 19.1. The first kappa shape index (κ1) is 13.7. The van der Waals surface area contributed by atoms with Crippen molar-refractivity contribution in [3.05, 3.63) is 65.2 Å². The summed E-state index contributed by atoms with van der Waals surface area (Å²) in [4.78, 5) is 23.1. The number of hydrogen-bond donors (Lipinski definition) is 2. The Balaban J connectivity index is 2.30. The number of benzene rings is 2. The lowest BCUT2D eigenvalue weighted by atomic mass is 10.1. The number of nitrogens with one attached hydrogen (secondary N) is 1. The molecule has 0 fully saturated rings. The van der Waals surface area contributed by atoms with E-state index >= 15 is 0 Å². The molecule has 102 valence electrons. The van der Waals surface area contributed by atoms with Crippen molar-refractivity contribution in [2.45, 2.75) is 0 Å². The van der Waals surface area contributed by atoms with Gasteiger partial charge in [0.2, 0.25) is 0 Å². The third-order valence-corrected chi connectivity index (χ3v) is 2.62. The number of rotatable bonds is 3. The van der Waals surface area contributed by atoms with Gasteiger partial charge in [-0.25, -0.2) is 8.78 Å². The van der Waals surface area contributed by atoms with Gasteiger partial charge in [-0.15, -0.1) is 0 Å². The molecular weight excluding hydrogens is 266 g/mol. The van der Waals surface area contributed by atoms with E-state index in [1.807, 2.05) is 0 Å². The Morgan fingerprint density at radius 1 is 1.00 bits per heavy atom. The van der Waals surface area contributed by atoms with Gasteiger partial charge in [0.15, 0.2) is 0 Å². The number of nitrogens with two attached hydrogens (primary N) is 1. The molecule has 0 radical (unpaired) electrons. The molecule has 0 aliphatic carbocycles. The first-order valence-corrected chi connectivity index (χ1v) is 5.64. The summed E-state index contributed by atoms with van der Waals surface area (Å²) in [6.45, 7) is 0. The summed E-state index contributed by atoms with van der Waals surface area (Å²) in [5.74, 6) is -3.28. The van der Waals surface area contributed by atoms with Crippen LogP contribution in [0, 0.1) is 11.6 Å². The largest absolute Gasteiger partial charge is 0.366 e. The topological polar surface area (TPSA) is 72.2 Å². The van der Waals surface area contributed by atoms with Gasteiger partial charge in [0.25, 0.3) is 11.8 Å². The number of amides is 2. The van der Waals surface area contributed by atoms with Crippen LogP contribution in [-0.2, 0) is 0 Å². The molecule has 20 heavy (non-hydrogen) atoms. The second-order valence-corrected chi connectivity index (χ2v) is 3.99. The summed E-state index contributed by atoms with van der Waals surface area (Å²) in [6.07, 6.45) is 0. The smallest absolute Gasteiger partial charge is 0.258 e. The van der Waals surface area contributed by atoms with Crippen LogP contribution in [0.4, 0.5) is 14.5 Å². The molecule has 3 N–H and O–H groups in total. The average molecular weight is 276 g/mol. The molecule has 2 aromatic carbocycles. The van der Waals surface area contributed by atoms with Crippen LogP contribution in [0.1, 0.15) is 20.7 Å². The lowest BCUT2D eigenvalue weighted by Crippen LogP contribution is -2.19. The number of para-hydroxylation sites is 1. The van der Waals surface area contributed by atoms with Gasteiger partial charge < -0.3 is 11.1 Å². The molecule has 0 saturated heterocycles. The van der Waals surface area contributed by atoms with Crippen molar-refractivity contribution in [1.29, 1.82) is 0 Å². The number of carbonyl (C=O) groups is 2. The molecule has 0 bridgehead atoms. The maximum Gasteiger partial charge on any atom is 0.258 e. The van der Waals surface area contributed by atoms with Crippen molar-refractivity contribution < 1.29 is 18.4 Å². The van der Waals surface area contributed by atoms with Crippen molar-refractivity contribution in [2.24, 2.45) is 5.73 Å². The van der Waals surface area contributed by atoms with Gasteiger partial charge in [-0.1, -0.05) is 12.1 Å². The molecule has 0 aliphatic rings. The maximum absolute atomic E-state index is 13.5. The highest BCUT2D eigenvalue weighted by Gasteiger charge is 2.15. The summed E-state index contributed by atoms with van der Waals surface area (Å²) in [5, 5.41) is 2.37. The van der Waals surface area contributed by atoms with E-state index in [0.29, 0.717) is 6.07 Å². The Morgan fingerprint density at radius 3 is 2.35 bits per heavy atom. The highest BCUT2D eigenvalue weighted by Crippen LogP contribution is 2.17. The molecule has 2 rings (SSSR count). The zero-order valence-corrected chi connectivity index (χ0v) is 10.2. The number of carbonyl (C=O) groups excluding carboxylic acids is 2. The van der Waals surface area contributed by atoms with Gasteiger partial charge in [-0.3, -0.25) is 9.59 Å². The fraction of sp³-hybridized carbons (Fsp3) is 0. The molecule has 0 unspecified atom stereocenters. The highest BCUT2D eigenvalue weighted by molar-refractivity contribution is 6.08. The van der Waals surface area contributed by atoms with Crippen LogP contribution < -0.4 is 11.1 Å². The van der Waals surface area contributed by atoms with E-state index in [2.05, 4.69) is 5.32 Å². The number of hydrogen-bond acceptors (Lipinski definition) is 2. The van der Waals surface area contributed by atoms with E-state index < -0.39 is 23.4 Å². The Kier molecular flexibility index (Phi) is 3.74. The minimum atomic E-state index is -0.987. The molecule has 0 saturated carbocycles. The second-order valence-electron chi connectivity index (χ2n) is 3.99. The zero-order valence-electron chi connectivity index (χ0n) is 10.2. The SMILES string of the molecule is NC(=O)c1ccccc1NC(=O)c1ccc(F)cc1F. The quantitative estimate of drug-likeness (QED) is 0.903. The molecule has 6 heteroatoms. The molecule has 4 nitrogen and oxygen atoms in total. The fourth-order valence-corrected chi connectivity index (χ4v) is 1.67. The molecular formula is C14H10F2N2O2. The third kappa shape index (κ3) is 2.80. The van der Waals surface area contributed by atoms with Crippen LogP contribution >= 0.6 is 0 Å². The van der Waals surface area contributed by atoms with E-state index in [4.69, 9.17) is 5.73 Å². The van der Waals surface area contributed by atoms with E-state index in [0.717, 1.165) is 12.1 Å². The standard InChI is InChI=1S/C14H10F2N2O2/c15-8-5-6-9(11(16)7-8)14(20)18-12-4-2-1-3-10(12)13(17)19/h1-7H,(H2,17,19)(H,18,20). The van der Waals surface area contributed by atoms with E-state index in [-0.39, 0.29) is 16.8 Å². The van der Waals surface area contributed by atoms with Gasteiger partial charge in [-0.2, -0.15) is 0 Å². The van der Waals surface area contributed by atoms with Crippen LogP contribution in [-0.4, -0.2) is 11.8 Å². The fourth-order valence-electron chi connectivity index (χ4n) is 1.67. The lowest BCUT2D eigenvalue weighted by Gasteiger charge is -2.09. The Labute approximate surface area is 113 Å². The minimum absolute atomic E-state index is 0.100. The molecule has 0 heterocycles. The normalized spacial score (nSPS) is 10.1. The van der Waals surface area contributed by atoms with Gasteiger partial charge in [0.1, 0.15) is 11.6 Å². The van der Waals surface area contributed by atoms with Crippen LogP contribution in [0.2, 0.25) is 0 Å². The molecule has 2 amide bonds. The minimum Gasteiger partial charge on any atom is -0.366 e. The number of halogens is 2. The van der Waals surface area contributed by atoms with Crippen molar-refractivity contribution in [2.75, 3.05) is 5.32 Å². The van der Waals surface area contributed by atoms with Crippen molar-refractivity contribution in [1.82, 2.24) is 0 Å². The molecule has 0 atom stereocenters. The van der Waals surface area contributed by atoms with Gasteiger partial charge in [0.05, 0.1) is 16.8 Å².